The number of hydrogen-bond donors (Lipinski definition) is 2. The van der Waals surface area contributed by atoms with Crippen LogP contribution in [0.5, 0.6) is 0 Å². The van der Waals surface area contributed by atoms with E-state index in [1.165, 1.54) is 5.56 Å². The van der Waals surface area contributed by atoms with Crippen LogP contribution in [0.4, 0.5) is 29.0 Å². The van der Waals surface area contributed by atoms with Gasteiger partial charge in [0.05, 0.1) is 4.92 Å². The van der Waals surface area contributed by atoms with Crippen molar-refractivity contribution in [2.24, 2.45) is 0 Å². The molecule has 1 aromatic heterocycles. The van der Waals surface area contributed by atoms with Crippen LogP contribution in [0.2, 0.25) is 0 Å². The van der Waals surface area contributed by atoms with Gasteiger partial charge in [-0.3, -0.25) is 15.0 Å². The number of rotatable bonds is 6. The zero-order valence-electron chi connectivity index (χ0n) is 16.4. The lowest BCUT2D eigenvalue weighted by Gasteiger charge is -2.34. The van der Waals surface area contributed by atoms with Crippen LogP contribution in [0.15, 0.2) is 60.7 Å². The van der Waals surface area contributed by atoms with Gasteiger partial charge in [-0.2, -0.15) is 9.97 Å². The summed E-state index contributed by atoms with van der Waals surface area (Å²) in [6.45, 7) is 4.01. The lowest BCUT2D eigenvalue weighted by Crippen LogP contribution is -2.46. The van der Waals surface area contributed by atoms with Crippen molar-refractivity contribution in [3.63, 3.8) is 0 Å². The van der Waals surface area contributed by atoms with Gasteiger partial charge in [-0.15, -0.1) is 0 Å². The van der Waals surface area contributed by atoms with Crippen LogP contribution in [-0.2, 0) is 6.54 Å². The van der Waals surface area contributed by atoms with Gasteiger partial charge in [0.15, 0.2) is 0 Å². The summed E-state index contributed by atoms with van der Waals surface area (Å²) in [5, 5.41) is 14.5. The quantitative estimate of drug-likeness (QED) is 0.475. The predicted molar refractivity (Wildman–Crippen MR) is 117 cm³/mol. The molecule has 1 saturated heterocycles. The first kappa shape index (κ1) is 19.6. The molecule has 0 aliphatic carbocycles. The van der Waals surface area contributed by atoms with Crippen LogP contribution in [0, 0.1) is 10.1 Å². The summed E-state index contributed by atoms with van der Waals surface area (Å²) in [5.74, 6) is 0.353. The second-order valence-electron chi connectivity index (χ2n) is 7.10. The molecule has 30 heavy (non-hydrogen) atoms. The molecular formula is C21H23N7O2. The van der Waals surface area contributed by atoms with Crippen LogP contribution in [0.1, 0.15) is 5.56 Å². The summed E-state index contributed by atoms with van der Waals surface area (Å²) in [7, 11) is 0. The van der Waals surface area contributed by atoms with Gasteiger partial charge in [0.25, 0.3) is 0 Å². The molecule has 0 spiro atoms. The Morgan fingerprint density at radius 3 is 2.23 bits per heavy atom. The lowest BCUT2D eigenvalue weighted by atomic mass is 10.2. The number of aromatic nitrogens is 2. The summed E-state index contributed by atoms with van der Waals surface area (Å²) in [5.41, 5.74) is 7.59. The molecule has 0 saturated carbocycles. The van der Waals surface area contributed by atoms with Crippen molar-refractivity contribution in [3.8, 4) is 0 Å². The Hall–Kier alpha value is -3.72. The van der Waals surface area contributed by atoms with Gasteiger partial charge in [-0.05, 0) is 17.7 Å². The van der Waals surface area contributed by atoms with Gasteiger partial charge in [0.1, 0.15) is 0 Å². The largest absolute Gasteiger partial charge is 0.378 e. The molecule has 0 unspecified atom stereocenters. The van der Waals surface area contributed by atoms with Gasteiger partial charge in [-0.1, -0.05) is 48.5 Å². The smallest absolute Gasteiger partial charge is 0.353 e. The van der Waals surface area contributed by atoms with Crippen LogP contribution >= 0.6 is 0 Å². The number of nitrogens with zero attached hydrogens (tertiary/aromatic N) is 5. The Morgan fingerprint density at radius 2 is 1.60 bits per heavy atom. The predicted octanol–water partition coefficient (Wildman–Crippen LogP) is 3.03. The van der Waals surface area contributed by atoms with E-state index in [0.29, 0.717) is 11.6 Å². The first-order chi connectivity index (χ1) is 14.6. The van der Waals surface area contributed by atoms with E-state index in [1.54, 1.807) is 0 Å². The third-order valence-electron chi connectivity index (χ3n) is 5.02. The van der Waals surface area contributed by atoms with E-state index >= 15 is 0 Å². The Balaban J connectivity index is 1.51. The maximum Gasteiger partial charge on any atom is 0.353 e. The van der Waals surface area contributed by atoms with Crippen molar-refractivity contribution < 1.29 is 4.92 Å². The van der Waals surface area contributed by atoms with E-state index < -0.39 is 4.92 Å². The minimum atomic E-state index is -0.553. The van der Waals surface area contributed by atoms with E-state index in [1.807, 2.05) is 53.4 Å². The van der Waals surface area contributed by atoms with Crippen molar-refractivity contribution in [2.75, 3.05) is 42.1 Å². The van der Waals surface area contributed by atoms with Crippen molar-refractivity contribution in [1.29, 1.82) is 0 Å². The molecule has 3 N–H and O–H groups in total. The maximum atomic E-state index is 11.5. The number of nitrogen functional groups attached to an aromatic ring is 1. The SMILES string of the molecule is Nc1nc(N2CCN(Cc3ccccc3)CC2)nc(Nc2ccccc2)c1[N+](=O)[O-]. The Labute approximate surface area is 174 Å². The zero-order valence-corrected chi connectivity index (χ0v) is 16.4. The lowest BCUT2D eigenvalue weighted by molar-refractivity contribution is -0.383. The van der Waals surface area contributed by atoms with E-state index in [-0.39, 0.29) is 17.3 Å². The van der Waals surface area contributed by atoms with Gasteiger partial charge in [-0.25, -0.2) is 0 Å². The number of para-hydroxylation sites is 1. The van der Waals surface area contributed by atoms with E-state index in [4.69, 9.17) is 5.73 Å². The summed E-state index contributed by atoms with van der Waals surface area (Å²) in [6.07, 6.45) is 0. The third kappa shape index (κ3) is 4.47. The highest BCUT2D eigenvalue weighted by Crippen LogP contribution is 2.32. The number of nitrogens with one attached hydrogen (secondary N) is 1. The van der Waals surface area contributed by atoms with Crippen molar-refractivity contribution in [1.82, 2.24) is 14.9 Å². The molecule has 1 aliphatic rings. The second-order valence-corrected chi connectivity index (χ2v) is 7.10. The van der Waals surface area contributed by atoms with Gasteiger partial charge >= 0.3 is 5.69 Å². The molecule has 0 amide bonds. The van der Waals surface area contributed by atoms with E-state index in [9.17, 15) is 10.1 Å². The number of hydrogen-bond acceptors (Lipinski definition) is 8. The molecule has 2 aromatic carbocycles. The molecule has 0 radical (unpaired) electrons. The van der Waals surface area contributed by atoms with Crippen LogP contribution < -0.4 is 16.0 Å². The average molecular weight is 405 g/mol. The van der Waals surface area contributed by atoms with Crippen molar-refractivity contribution in [2.45, 2.75) is 6.54 Å². The zero-order chi connectivity index (χ0) is 20.9. The normalized spacial score (nSPS) is 14.5. The number of nitrogens with two attached hydrogens (primary N) is 1. The molecule has 0 atom stereocenters. The fourth-order valence-corrected chi connectivity index (χ4v) is 3.47. The molecule has 4 rings (SSSR count). The number of piperazine rings is 1. The number of benzene rings is 2. The molecule has 154 valence electrons. The summed E-state index contributed by atoms with van der Waals surface area (Å²) < 4.78 is 0. The molecule has 3 aromatic rings. The number of nitro groups is 1. The fourth-order valence-electron chi connectivity index (χ4n) is 3.47. The highest BCUT2D eigenvalue weighted by molar-refractivity contribution is 5.74. The molecule has 1 aliphatic heterocycles. The van der Waals surface area contributed by atoms with E-state index in [2.05, 4.69) is 32.3 Å². The summed E-state index contributed by atoms with van der Waals surface area (Å²) in [4.78, 5) is 24.0. The van der Waals surface area contributed by atoms with Gasteiger partial charge < -0.3 is 16.0 Å². The average Bonchev–Trinajstić information content (AvgIpc) is 2.75. The second kappa shape index (κ2) is 8.75. The third-order valence-corrected chi connectivity index (χ3v) is 5.02. The highest BCUT2D eigenvalue weighted by Gasteiger charge is 2.26. The maximum absolute atomic E-state index is 11.5. The van der Waals surface area contributed by atoms with Gasteiger partial charge in [0.2, 0.25) is 17.6 Å². The molecule has 9 heteroatoms. The highest BCUT2D eigenvalue weighted by atomic mass is 16.6. The number of anilines is 4. The van der Waals surface area contributed by atoms with Crippen LogP contribution in [0.3, 0.4) is 0 Å². The van der Waals surface area contributed by atoms with Crippen LogP contribution in [-0.4, -0.2) is 46.0 Å². The fraction of sp³-hybridized carbons (Fsp3) is 0.238. The molecule has 1 fully saturated rings. The summed E-state index contributed by atoms with van der Waals surface area (Å²) in [6, 6.07) is 19.5. The molecule has 0 bridgehead atoms. The monoisotopic (exact) mass is 405 g/mol. The van der Waals surface area contributed by atoms with Crippen LogP contribution in [0.25, 0.3) is 0 Å². The molecular weight excluding hydrogens is 382 g/mol. The Kier molecular flexibility index (Phi) is 5.71. The topological polar surface area (TPSA) is 113 Å². The molecule has 9 nitrogen and oxygen atoms in total. The molecule has 2 heterocycles. The minimum absolute atomic E-state index is 0.0976. The summed E-state index contributed by atoms with van der Waals surface area (Å²) >= 11 is 0. The van der Waals surface area contributed by atoms with Crippen molar-refractivity contribution in [3.05, 3.63) is 76.3 Å². The van der Waals surface area contributed by atoms with Crippen molar-refractivity contribution >= 4 is 29.0 Å². The van der Waals surface area contributed by atoms with Gasteiger partial charge in [0, 0.05) is 38.4 Å². The first-order valence-electron chi connectivity index (χ1n) is 9.75. The standard InChI is InChI=1S/C21H23N7O2/c22-19-18(28(29)30)20(23-17-9-5-2-6-10-17)25-21(24-19)27-13-11-26(12-14-27)15-16-7-3-1-4-8-16/h1-10H,11-15H2,(H3,22,23,24,25). The Bertz CT molecular complexity index is 1010. The minimum Gasteiger partial charge on any atom is -0.378 e. The van der Waals surface area contributed by atoms with E-state index in [0.717, 1.165) is 32.7 Å². The first-order valence-corrected chi connectivity index (χ1v) is 9.75. The Morgan fingerprint density at radius 1 is 0.967 bits per heavy atom.